The fourth-order valence-electron chi connectivity index (χ4n) is 3.11. The van der Waals surface area contributed by atoms with Gasteiger partial charge < -0.3 is 0 Å². The van der Waals surface area contributed by atoms with Crippen LogP contribution in [0.4, 0.5) is 4.39 Å². The van der Waals surface area contributed by atoms with E-state index in [9.17, 15) is 9.18 Å². The average molecular weight is 341 g/mol. The normalized spacial score (nSPS) is 23.1. The summed E-state index contributed by atoms with van der Waals surface area (Å²) < 4.78 is 13.0. The standard InChI is InChI=1S/C18H16FN3OS/c19-13-6-4-11(5-7-13)18-20-14(10-24-18)9-17(23)22-21-16-8-12-2-1-3-15(12)16/h1-2,4-7,10,12,15H,3,8-9H2,(H,22,23)/b21-16-/t12-,15-/m1/s1. The lowest BCUT2D eigenvalue weighted by Gasteiger charge is -2.31. The van der Waals surface area contributed by atoms with Crippen molar-refractivity contribution in [3.63, 3.8) is 0 Å². The molecule has 0 unspecified atom stereocenters. The summed E-state index contributed by atoms with van der Waals surface area (Å²) in [5.41, 5.74) is 5.27. The Morgan fingerprint density at radius 1 is 1.38 bits per heavy atom. The molecule has 1 aromatic carbocycles. The van der Waals surface area contributed by atoms with Gasteiger partial charge in [0.15, 0.2) is 0 Å². The van der Waals surface area contributed by atoms with Crippen molar-refractivity contribution in [2.24, 2.45) is 16.9 Å². The van der Waals surface area contributed by atoms with Gasteiger partial charge in [-0.15, -0.1) is 11.3 Å². The Hall–Kier alpha value is -2.34. The lowest BCUT2D eigenvalue weighted by Crippen LogP contribution is -2.35. The molecule has 24 heavy (non-hydrogen) atoms. The number of allylic oxidation sites excluding steroid dienone is 2. The van der Waals surface area contributed by atoms with Gasteiger partial charge in [-0.3, -0.25) is 4.79 Å². The van der Waals surface area contributed by atoms with Crippen LogP contribution in [0.2, 0.25) is 0 Å². The largest absolute Gasteiger partial charge is 0.273 e. The van der Waals surface area contributed by atoms with Crippen LogP contribution >= 0.6 is 11.3 Å². The number of fused-ring (bicyclic) bond motifs is 1. The number of hydrogen-bond acceptors (Lipinski definition) is 4. The maximum atomic E-state index is 13.0. The van der Waals surface area contributed by atoms with Gasteiger partial charge >= 0.3 is 0 Å². The zero-order valence-electron chi connectivity index (χ0n) is 12.9. The summed E-state index contributed by atoms with van der Waals surface area (Å²) >= 11 is 1.45. The van der Waals surface area contributed by atoms with Gasteiger partial charge in [-0.1, -0.05) is 12.2 Å². The summed E-state index contributed by atoms with van der Waals surface area (Å²) in [6.45, 7) is 0. The Balaban J connectivity index is 1.35. The van der Waals surface area contributed by atoms with Crippen LogP contribution in [0, 0.1) is 17.7 Å². The predicted octanol–water partition coefficient (Wildman–Crippen LogP) is 3.56. The molecule has 1 saturated carbocycles. The molecule has 1 fully saturated rings. The second-order valence-corrected chi connectivity index (χ2v) is 6.96. The Kier molecular flexibility index (Phi) is 3.98. The number of nitrogens with one attached hydrogen (secondary N) is 1. The van der Waals surface area contributed by atoms with E-state index in [0.717, 1.165) is 29.1 Å². The van der Waals surface area contributed by atoms with Crippen molar-refractivity contribution in [1.82, 2.24) is 10.4 Å². The molecule has 1 aromatic heterocycles. The van der Waals surface area contributed by atoms with E-state index in [1.807, 2.05) is 5.38 Å². The molecule has 1 N–H and O–H groups in total. The molecule has 0 saturated heterocycles. The molecule has 0 bridgehead atoms. The minimum absolute atomic E-state index is 0.159. The van der Waals surface area contributed by atoms with E-state index in [1.54, 1.807) is 12.1 Å². The third-order valence-corrected chi connectivity index (χ3v) is 5.41. The number of benzene rings is 1. The summed E-state index contributed by atoms with van der Waals surface area (Å²) in [4.78, 5) is 16.5. The van der Waals surface area contributed by atoms with Crippen molar-refractivity contribution in [2.75, 3.05) is 0 Å². The third-order valence-electron chi connectivity index (χ3n) is 4.47. The third kappa shape index (κ3) is 3.01. The molecule has 122 valence electrons. The molecule has 2 aliphatic rings. The van der Waals surface area contributed by atoms with Crippen molar-refractivity contribution in [3.8, 4) is 10.6 Å². The first-order valence-corrected chi connectivity index (χ1v) is 8.79. The minimum Gasteiger partial charge on any atom is -0.273 e. The van der Waals surface area contributed by atoms with Gasteiger partial charge in [0.25, 0.3) is 0 Å². The van der Waals surface area contributed by atoms with Gasteiger partial charge in [-0.25, -0.2) is 14.8 Å². The van der Waals surface area contributed by atoms with Crippen LogP contribution in [0.5, 0.6) is 0 Å². The molecule has 0 spiro atoms. The zero-order valence-corrected chi connectivity index (χ0v) is 13.7. The first-order valence-electron chi connectivity index (χ1n) is 7.91. The predicted molar refractivity (Wildman–Crippen MR) is 92.1 cm³/mol. The zero-order chi connectivity index (χ0) is 16.5. The highest BCUT2D eigenvalue weighted by Gasteiger charge is 2.37. The lowest BCUT2D eigenvalue weighted by atomic mass is 9.74. The molecule has 2 atom stereocenters. The van der Waals surface area contributed by atoms with Crippen LogP contribution in [0.25, 0.3) is 10.6 Å². The molecule has 0 aliphatic heterocycles. The Morgan fingerprint density at radius 3 is 3.00 bits per heavy atom. The molecular formula is C18H16FN3OS. The molecule has 1 amide bonds. The molecular weight excluding hydrogens is 325 g/mol. The summed E-state index contributed by atoms with van der Waals surface area (Å²) in [5.74, 6) is 0.685. The maximum absolute atomic E-state index is 13.0. The van der Waals surface area contributed by atoms with Crippen LogP contribution in [0.1, 0.15) is 18.5 Å². The maximum Gasteiger partial charge on any atom is 0.246 e. The van der Waals surface area contributed by atoms with E-state index in [0.29, 0.717) is 17.5 Å². The molecule has 2 aliphatic carbocycles. The fraction of sp³-hybridized carbons (Fsp3) is 0.278. The number of hydrogen-bond donors (Lipinski definition) is 1. The van der Waals surface area contributed by atoms with Gasteiger partial charge in [0, 0.05) is 22.6 Å². The van der Waals surface area contributed by atoms with E-state index in [4.69, 9.17) is 0 Å². The van der Waals surface area contributed by atoms with Crippen LogP contribution < -0.4 is 5.43 Å². The van der Waals surface area contributed by atoms with E-state index in [2.05, 4.69) is 27.7 Å². The molecule has 4 nitrogen and oxygen atoms in total. The van der Waals surface area contributed by atoms with Gasteiger partial charge in [0.1, 0.15) is 10.8 Å². The summed E-state index contributed by atoms with van der Waals surface area (Å²) in [5, 5.41) is 6.89. The van der Waals surface area contributed by atoms with Crippen molar-refractivity contribution >= 4 is 23.0 Å². The second-order valence-electron chi connectivity index (χ2n) is 6.10. The molecule has 4 rings (SSSR count). The highest BCUT2D eigenvalue weighted by atomic mass is 32.1. The second kappa shape index (κ2) is 6.28. The minimum atomic E-state index is -0.273. The van der Waals surface area contributed by atoms with E-state index < -0.39 is 0 Å². The van der Waals surface area contributed by atoms with Crippen molar-refractivity contribution in [3.05, 3.63) is 53.3 Å². The SMILES string of the molecule is O=C(Cc1csc(-c2ccc(F)cc2)n1)N/N=C1/C[C@H]2C=CC[C@@H]12. The Bertz CT molecular complexity index is 825. The van der Waals surface area contributed by atoms with Crippen LogP contribution in [0.15, 0.2) is 46.9 Å². The molecule has 6 heteroatoms. The number of hydrazone groups is 1. The molecule has 1 heterocycles. The van der Waals surface area contributed by atoms with Gasteiger partial charge in [0.2, 0.25) is 5.91 Å². The van der Waals surface area contributed by atoms with Crippen LogP contribution in [-0.2, 0) is 11.2 Å². The number of carbonyl (C=O) groups excluding carboxylic acids is 1. The topological polar surface area (TPSA) is 54.4 Å². The van der Waals surface area contributed by atoms with Crippen molar-refractivity contribution in [1.29, 1.82) is 0 Å². The fourth-order valence-corrected chi connectivity index (χ4v) is 3.94. The molecule has 0 radical (unpaired) electrons. The number of carbonyl (C=O) groups is 1. The number of halogens is 1. The lowest BCUT2D eigenvalue weighted by molar-refractivity contribution is -0.120. The van der Waals surface area contributed by atoms with Gasteiger partial charge in [0.05, 0.1) is 12.1 Å². The summed E-state index contributed by atoms with van der Waals surface area (Å²) in [6, 6.07) is 6.19. The highest BCUT2D eigenvalue weighted by molar-refractivity contribution is 7.13. The monoisotopic (exact) mass is 341 g/mol. The van der Waals surface area contributed by atoms with Crippen LogP contribution in [-0.4, -0.2) is 16.6 Å². The number of nitrogens with zero attached hydrogens (tertiary/aromatic N) is 2. The first-order chi connectivity index (χ1) is 11.7. The first kappa shape index (κ1) is 15.2. The summed E-state index contributed by atoms with van der Waals surface area (Å²) in [7, 11) is 0. The average Bonchev–Trinajstić information content (AvgIpc) is 3.16. The number of aromatic nitrogens is 1. The smallest absolute Gasteiger partial charge is 0.246 e. The van der Waals surface area contributed by atoms with Crippen LogP contribution in [0.3, 0.4) is 0 Å². The number of thiazole rings is 1. The van der Waals surface area contributed by atoms with Gasteiger partial charge in [-0.05, 0) is 43.0 Å². The van der Waals surface area contributed by atoms with Gasteiger partial charge in [-0.2, -0.15) is 5.10 Å². The number of amides is 1. The highest BCUT2D eigenvalue weighted by Crippen LogP contribution is 2.40. The summed E-state index contributed by atoms with van der Waals surface area (Å²) in [6.07, 6.45) is 6.60. The van der Waals surface area contributed by atoms with Crippen molar-refractivity contribution < 1.29 is 9.18 Å². The quantitative estimate of drug-likeness (QED) is 0.683. The Morgan fingerprint density at radius 2 is 2.21 bits per heavy atom. The van der Waals surface area contributed by atoms with E-state index in [1.165, 1.54) is 23.5 Å². The molecule has 2 aromatic rings. The van der Waals surface area contributed by atoms with E-state index in [-0.39, 0.29) is 18.1 Å². The van der Waals surface area contributed by atoms with E-state index >= 15 is 0 Å². The van der Waals surface area contributed by atoms with Crippen molar-refractivity contribution in [2.45, 2.75) is 19.3 Å². The Labute approximate surface area is 143 Å². The number of rotatable bonds is 4.